The Bertz CT molecular complexity index is 1440. The number of hydrogen-bond donors (Lipinski definition) is 2. The van der Waals surface area contributed by atoms with E-state index in [0.717, 1.165) is 5.56 Å². The van der Waals surface area contributed by atoms with Gasteiger partial charge in [0.1, 0.15) is 17.4 Å². The predicted molar refractivity (Wildman–Crippen MR) is 142 cm³/mol. The Morgan fingerprint density at radius 3 is 2.39 bits per heavy atom. The average Bonchev–Trinajstić information content (AvgIpc) is 2.86. The molecule has 0 fully saturated rings. The lowest BCUT2D eigenvalue weighted by Gasteiger charge is -2.42. The molecule has 0 saturated heterocycles. The monoisotopic (exact) mass is 520 g/mol. The van der Waals surface area contributed by atoms with Gasteiger partial charge in [-0.3, -0.25) is 15.1 Å². The van der Waals surface area contributed by atoms with Crippen LogP contribution in [-0.4, -0.2) is 16.7 Å². The Balaban J connectivity index is 1.82. The van der Waals surface area contributed by atoms with Crippen molar-refractivity contribution in [3.05, 3.63) is 116 Å². The Labute approximate surface area is 218 Å². The van der Waals surface area contributed by atoms with Gasteiger partial charge in [0.2, 0.25) is 0 Å². The fraction of sp³-hybridized carbons (Fsp3) is 0.172. The second kappa shape index (κ2) is 9.57. The summed E-state index contributed by atoms with van der Waals surface area (Å²) in [5.41, 5.74) is 4.09. The number of allylic oxidation sites excluding steroid dienone is 2. The molecule has 0 amide bonds. The highest BCUT2D eigenvalue weighted by Gasteiger charge is 2.43. The Morgan fingerprint density at radius 2 is 1.72 bits per heavy atom. The van der Waals surface area contributed by atoms with E-state index in [1.54, 1.807) is 47.4 Å². The highest BCUT2D eigenvalue weighted by atomic mass is 35.5. The molecule has 1 aliphatic heterocycles. The standard InChI is InChI=1S/C29H23Cl2FN2O2/c1-16-5-14-21(15-22(16)31)34-23-3-2-4-24(35)26(23)25(17-8-12-20(32)13-9-17)27(29(34)33)28(36)18-6-10-19(30)11-7-18/h5-15,25,33,36H,2-4H2,1H3/b28-27+,33-29?. The maximum atomic E-state index is 13.8. The van der Waals surface area contributed by atoms with Crippen LogP contribution in [0.4, 0.5) is 10.1 Å². The molecule has 182 valence electrons. The second-order valence-corrected chi connectivity index (χ2v) is 9.85. The number of amidine groups is 1. The van der Waals surface area contributed by atoms with Crippen molar-refractivity contribution in [1.82, 2.24) is 0 Å². The number of nitrogens with one attached hydrogen (secondary N) is 1. The van der Waals surface area contributed by atoms with Gasteiger partial charge in [-0.2, -0.15) is 0 Å². The smallest absolute Gasteiger partial charge is 0.161 e. The number of ketones is 1. The number of aliphatic hydroxyl groups is 1. The topological polar surface area (TPSA) is 64.4 Å². The summed E-state index contributed by atoms with van der Waals surface area (Å²) < 4.78 is 13.8. The molecule has 7 heteroatoms. The first-order chi connectivity index (χ1) is 17.3. The molecule has 0 bridgehead atoms. The molecule has 2 N–H and O–H groups in total. The van der Waals surface area contributed by atoms with Crippen LogP contribution in [0.25, 0.3) is 5.76 Å². The van der Waals surface area contributed by atoms with Crippen molar-refractivity contribution >= 4 is 46.3 Å². The number of benzene rings is 3. The first-order valence-electron chi connectivity index (χ1n) is 11.6. The summed E-state index contributed by atoms with van der Waals surface area (Å²) in [5.74, 6) is -1.29. The first kappa shape index (κ1) is 24.3. The lowest BCUT2D eigenvalue weighted by Crippen LogP contribution is -2.42. The molecule has 3 aromatic rings. The highest BCUT2D eigenvalue weighted by Crippen LogP contribution is 2.48. The van der Waals surface area contributed by atoms with E-state index in [-0.39, 0.29) is 23.0 Å². The van der Waals surface area contributed by atoms with Crippen molar-refractivity contribution in [1.29, 1.82) is 5.41 Å². The molecular formula is C29H23Cl2FN2O2. The third kappa shape index (κ3) is 4.23. The van der Waals surface area contributed by atoms with Gasteiger partial charge in [-0.25, -0.2) is 4.39 Å². The molecule has 0 saturated carbocycles. The zero-order valence-corrected chi connectivity index (χ0v) is 21.0. The van der Waals surface area contributed by atoms with Gasteiger partial charge in [-0.15, -0.1) is 0 Å². The SMILES string of the molecule is Cc1ccc(N2C(=N)/C(=C(/O)c3ccc(Cl)cc3)C(c3ccc(F)cc3)C3=C2CCCC3=O)cc1Cl. The summed E-state index contributed by atoms with van der Waals surface area (Å²) in [6.45, 7) is 1.89. The lowest BCUT2D eigenvalue weighted by molar-refractivity contribution is -0.116. The number of aliphatic hydroxyl groups excluding tert-OH is 1. The number of rotatable bonds is 3. The van der Waals surface area contributed by atoms with E-state index >= 15 is 0 Å². The normalized spacial score (nSPS) is 19.4. The van der Waals surface area contributed by atoms with E-state index in [1.165, 1.54) is 12.1 Å². The molecule has 1 unspecified atom stereocenters. The van der Waals surface area contributed by atoms with Crippen molar-refractivity contribution in [2.24, 2.45) is 0 Å². The summed E-state index contributed by atoms with van der Waals surface area (Å²) in [5, 5.41) is 21.9. The summed E-state index contributed by atoms with van der Waals surface area (Å²) in [4.78, 5) is 15.2. The molecule has 1 aliphatic carbocycles. The van der Waals surface area contributed by atoms with Crippen molar-refractivity contribution in [2.45, 2.75) is 32.1 Å². The Kier molecular flexibility index (Phi) is 6.45. The van der Waals surface area contributed by atoms with Crippen molar-refractivity contribution in [3.8, 4) is 0 Å². The molecule has 1 atom stereocenters. The summed E-state index contributed by atoms with van der Waals surface area (Å²) in [6, 6.07) is 18.0. The van der Waals surface area contributed by atoms with Gasteiger partial charge in [-0.05, 0) is 79.4 Å². The van der Waals surface area contributed by atoms with Crippen LogP contribution in [-0.2, 0) is 4.79 Å². The zero-order chi connectivity index (χ0) is 25.6. The largest absolute Gasteiger partial charge is 0.507 e. The number of aryl methyl sites for hydroxylation is 1. The molecule has 3 aromatic carbocycles. The van der Waals surface area contributed by atoms with Crippen molar-refractivity contribution in [3.63, 3.8) is 0 Å². The molecule has 0 spiro atoms. The summed E-state index contributed by atoms with van der Waals surface area (Å²) >= 11 is 12.5. The van der Waals surface area contributed by atoms with Crippen molar-refractivity contribution in [2.75, 3.05) is 4.90 Å². The number of Topliss-reactive ketones (excluding diaryl/α,β-unsaturated/α-hetero) is 1. The van der Waals surface area contributed by atoms with Gasteiger partial charge in [0.15, 0.2) is 5.78 Å². The molecule has 4 nitrogen and oxygen atoms in total. The molecule has 0 radical (unpaired) electrons. The Morgan fingerprint density at radius 1 is 1.03 bits per heavy atom. The third-order valence-corrected chi connectivity index (χ3v) is 7.40. The summed E-state index contributed by atoms with van der Waals surface area (Å²) in [6.07, 6.45) is 1.60. The minimum absolute atomic E-state index is 0.0325. The number of hydrogen-bond acceptors (Lipinski definition) is 3. The predicted octanol–water partition coefficient (Wildman–Crippen LogP) is 8.00. The second-order valence-electron chi connectivity index (χ2n) is 9.01. The van der Waals surface area contributed by atoms with Crippen LogP contribution in [0.15, 0.2) is 83.6 Å². The van der Waals surface area contributed by atoms with Gasteiger partial charge in [-0.1, -0.05) is 41.4 Å². The molecule has 1 heterocycles. The van der Waals surface area contributed by atoms with Gasteiger partial charge < -0.3 is 5.11 Å². The van der Waals surface area contributed by atoms with Crippen molar-refractivity contribution < 1.29 is 14.3 Å². The van der Waals surface area contributed by atoms with Crippen LogP contribution in [0, 0.1) is 18.2 Å². The van der Waals surface area contributed by atoms with Crippen LogP contribution in [0.1, 0.15) is 41.9 Å². The fourth-order valence-electron chi connectivity index (χ4n) is 4.95. The number of nitrogens with zero attached hydrogens (tertiary/aromatic N) is 1. The van der Waals surface area contributed by atoms with Crippen LogP contribution in [0.3, 0.4) is 0 Å². The van der Waals surface area contributed by atoms with Crippen LogP contribution in [0.2, 0.25) is 10.0 Å². The van der Waals surface area contributed by atoms with Crippen LogP contribution < -0.4 is 4.90 Å². The molecule has 5 rings (SSSR count). The number of carbonyl (C=O) groups is 1. The van der Waals surface area contributed by atoms with Gasteiger partial charge in [0, 0.05) is 50.5 Å². The fourth-order valence-corrected chi connectivity index (χ4v) is 5.25. The van der Waals surface area contributed by atoms with Gasteiger partial charge >= 0.3 is 0 Å². The molecular weight excluding hydrogens is 498 g/mol. The molecule has 0 aromatic heterocycles. The quantitative estimate of drug-likeness (QED) is 0.343. The number of carbonyl (C=O) groups excluding carboxylic acids is 1. The molecule has 2 aliphatic rings. The maximum Gasteiger partial charge on any atom is 0.161 e. The van der Waals surface area contributed by atoms with E-state index in [2.05, 4.69) is 0 Å². The first-order valence-corrected chi connectivity index (χ1v) is 12.4. The van der Waals surface area contributed by atoms with Gasteiger partial charge in [0.05, 0.1) is 0 Å². The Hall–Kier alpha value is -3.41. The molecule has 36 heavy (non-hydrogen) atoms. The van der Waals surface area contributed by atoms with E-state index in [4.69, 9.17) is 23.2 Å². The highest BCUT2D eigenvalue weighted by molar-refractivity contribution is 6.32. The number of halogens is 3. The van der Waals surface area contributed by atoms with Gasteiger partial charge in [0.25, 0.3) is 0 Å². The minimum Gasteiger partial charge on any atom is -0.507 e. The lowest BCUT2D eigenvalue weighted by atomic mass is 9.73. The van der Waals surface area contributed by atoms with E-state index in [0.29, 0.717) is 57.4 Å². The van der Waals surface area contributed by atoms with E-state index in [1.807, 2.05) is 19.1 Å². The third-order valence-electron chi connectivity index (χ3n) is 6.74. The number of anilines is 1. The zero-order valence-electron chi connectivity index (χ0n) is 19.5. The maximum absolute atomic E-state index is 13.8. The minimum atomic E-state index is -0.728. The van der Waals surface area contributed by atoms with Crippen LogP contribution in [0.5, 0.6) is 0 Å². The average molecular weight is 521 g/mol. The van der Waals surface area contributed by atoms with Crippen LogP contribution >= 0.6 is 23.2 Å². The van der Waals surface area contributed by atoms with E-state index < -0.39 is 11.7 Å². The van der Waals surface area contributed by atoms with E-state index in [9.17, 15) is 19.7 Å². The summed E-state index contributed by atoms with van der Waals surface area (Å²) in [7, 11) is 0.